The van der Waals surface area contributed by atoms with Crippen LogP contribution in [-0.4, -0.2) is 44.8 Å². The Morgan fingerprint density at radius 1 is 1.03 bits per heavy atom. The molecule has 3 N–H and O–H groups in total. The number of nitrogens with one attached hydrogen (secondary N) is 3. The van der Waals surface area contributed by atoms with Crippen molar-refractivity contribution in [3.05, 3.63) is 68.5 Å². The lowest BCUT2D eigenvalue weighted by atomic mass is 9.73. The number of nitrogens with zero attached hydrogens (tertiary/aromatic N) is 3. The molecule has 3 amide bonds. The summed E-state index contributed by atoms with van der Waals surface area (Å²) in [7, 11) is 1.77. The molecule has 3 aliphatic heterocycles. The van der Waals surface area contributed by atoms with Crippen molar-refractivity contribution in [2.45, 2.75) is 24.4 Å². The maximum Gasteiger partial charge on any atom is 0.250 e. The third-order valence-electron chi connectivity index (χ3n) is 7.70. The third kappa shape index (κ3) is 4.19. The Morgan fingerprint density at radius 3 is 2.44 bits per heavy atom. The number of amides is 3. The minimum Gasteiger partial charge on any atom is -0.338 e. The van der Waals surface area contributed by atoms with Crippen LogP contribution in [0.5, 0.6) is 0 Å². The number of fused-ring (bicyclic) bond motifs is 4. The zero-order chi connectivity index (χ0) is 27.6. The minimum absolute atomic E-state index is 0.254. The zero-order valence-electron chi connectivity index (χ0n) is 20.5. The van der Waals surface area contributed by atoms with Gasteiger partial charge in [0.1, 0.15) is 5.54 Å². The second-order valence-corrected chi connectivity index (χ2v) is 11.7. The van der Waals surface area contributed by atoms with E-state index in [1.807, 2.05) is 4.90 Å². The Hall–Kier alpha value is -2.82. The van der Waals surface area contributed by atoms with Crippen molar-refractivity contribution in [2.75, 3.05) is 22.5 Å². The van der Waals surface area contributed by atoms with Crippen LogP contribution in [0.2, 0.25) is 20.1 Å². The molecule has 1 aromatic heterocycles. The maximum atomic E-state index is 14.2. The summed E-state index contributed by atoms with van der Waals surface area (Å²) in [5, 5.41) is 9.85. The number of carbonyl (C=O) groups is 3. The zero-order valence-corrected chi connectivity index (χ0v) is 23.5. The van der Waals surface area contributed by atoms with E-state index in [2.05, 4.69) is 20.9 Å². The highest BCUT2D eigenvalue weighted by Crippen LogP contribution is 2.59. The molecule has 0 bridgehead atoms. The quantitative estimate of drug-likeness (QED) is 0.379. The van der Waals surface area contributed by atoms with E-state index < -0.39 is 41.1 Å². The van der Waals surface area contributed by atoms with E-state index in [9.17, 15) is 14.4 Å². The molecule has 4 atom stereocenters. The number of hydrogen-bond acceptors (Lipinski definition) is 5. The van der Waals surface area contributed by atoms with Crippen LogP contribution in [0.1, 0.15) is 18.4 Å². The lowest BCUT2D eigenvalue weighted by Gasteiger charge is -2.36. The number of anilines is 3. The Morgan fingerprint density at radius 2 is 1.74 bits per heavy atom. The molecule has 2 fully saturated rings. The summed E-state index contributed by atoms with van der Waals surface area (Å²) in [6.45, 7) is 0.502. The Labute approximate surface area is 243 Å². The van der Waals surface area contributed by atoms with Gasteiger partial charge in [-0.1, -0.05) is 46.4 Å². The summed E-state index contributed by atoms with van der Waals surface area (Å²) in [5.41, 5.74) is -0.277. The molecule has 2 saturated heterocycles. The molecule has 3 aromatic rings. The van der Waals surface area contributed by atoms with Crippen molar-refractivity contribution in [2.24, 2.45) is 18.9 Å². The topological polar surface area (TPSA) is 108 Å². The normalized spacial score (nSPS) is 25.5. The van der Waals surface area contributed by atoms with E-state index in [4.69, 9.17) is 46.4 Å². The van der Waals surface area contributed by atoms with Crippen molar-refractivity contribution < 1.29 is 14.4 Å². The monoisotopic (exact) mass is 606 g/mol. The standard InChI is InChI=1S/C26H22Cl4N6O3/c1-35-10-19(31-11-35)33-24(38)21-20(23(37)32-15-6-12(27)5-13(28)7-15)18-3-2-4-36(18)26(21)16-8-14(29)9-17(30)22(16)34-25(26)39/h5-11,18,20-21H,2-4H2,1H3,(H,32,37)(H,33,38)(H,34,39)/t18-,20+,21-,26?/m1/s1. The van der Waals surface area contributed by atoms with Crippen molar-refractivity contribution in [3.63, 3.8) is 0 Å². The van der Waals surface area contributed by atoms with Crippen LogP contribution in [0, 0.1) is 11.8 Å². The minimum atomic E-state index is -1.52. The van der Waals surface area contributed by atoms with Crippen LogP contribution in [0.15, 0.2) is 42.9 Å². The van der Waals surface area contributed by atoms with E-state index in [-0.39, 0.29) is 5.02 Å². The molecule has 0 radical (unpaired) electrons. The SMILES string of the molecule is Cn1cnc(NC(=O)[C@H]2[C@@H](C(=O)Nc3cc(Cl)cc(Cl)c3)[C@H]3CCCN3C23C(=O)Nc2c(Cl)cc(Cl)cc23)c1. The van der Waals surface area contributed by atoms with E-state index in [1.165, 1.54) is 6.07 Å². The van der Waals surface area contributed by atoms with E-state index in [1.54, 1.807) is 48.4 Å². The second-order valence-electron chi connectivity index (χ2n) is 10.00. The number of halogens is 4. The van der Waals surface area contributed by atoms with Crippen molar-refractivity contribution in [3.8, 4) is 0 Å². The van der Waals surface area contributed by atoms with Gasteiger partial charge in [0.15, 0.2) is 5.82 Å². The number of benzene rings is 2. The highest BCUT2D eigenvalue weighted by Gasteiger charge is 2.71. The summed E-state index contributed by atoms with van der Waals surface area (Å²) in [5.74, 6) is -3.15. The first-order chi connectivity index (χ1) is 18.6. The molecular formula is C26H22Cl4N6O3. The highest BCUT2D eigenvalue weighted by atomic mass is 35.5. The molecule has 6 rings (SSSR count). The second kappa shape index (κ2) is 9.67. The predicted molar refractivity (Wildman–Crippen MR) is 150 cm³/mol. The van der Waals surface area contributed by atoms with E-state index >= 15 is 0 Å². The molecule has 0 saturated carbocycles. The fourth-order valence-electron chi connectivity index (χ4n) is 6.40. The fraction of sp³-hybridized carbons (Fsp3) is 0.308. The van der Waals surface area contributed by atoms with Gasteiger partial charge in [0.2, 0.25) is 11.8 Å². The molecule has 13 heteroatoms. The van der Waals surface area contributed by atoms with Crippen LogP contribution >= 0.6 is 46.4 Å². The summed E-state index contributed by atoms with van der Waals surface area (Å²) < 4.78 is 1.68. The van der Waals surface area contributed by atoms with Gasteiger partial charge in [-0.3, -0.25) is 19.3 Å². The molecule has 39 heavy (non-hydrogen) atoms. The van der Waals surface area contributed by atoms with Gasteiger partial charge in [-0.05, 0) is 49.7 Å². The molecule has 1 spiro atoms. The predicted octanol–water partition coefficient (Wildman–Crippen LogP) is 5.17. The molecular weight excluding hydrogens is 586 g/mol. The van der Waals surface area contributed by atoms with Gasteiger partial charge in [0.05, 0.1) is 28.9 Å². The number of carbonyl (C=O) groups excluding carboxylic acids is 3. The Balaban J connectivity index is 1.50. The average Bonchev–Trinajstić information content (AvgIpc) is 3.59. The lowest BCUT2D eigenvalue weighted by molar-refractivity contribution is -0.137. The number of hydrogen-bond donors (Lipinski definition) is 3. The van der Waals surface area contributed by atoms with Crippen LogP contribution in [0.25, 0.3) is 0 Å². The van der Waals surface area contributed by atoms with E-state index in [0.29, 0.717) is 50.8 Å². The Bertz CT molecular complexity index is 1520. The summed E-state index contributed by atoms with van der Waals surface area (Å²) in [4.78, 5) is 48.4. The Kier molecular flexibility index (Phi) is 6.55. The van der Waals surface area contributed by atoms with Crippen LogP contribution < -0.4 is 16.0 Å². The molecule has 0 aliphatic carbocycles. The molecule has 9 nitrogen and oxygen atoms in total. The maximum absolute atomic E-state index is 14.2. The van der Waals surface area contributed by atoms with Crippen LogP contribution in [0.3, 0.4) is 0 Å². The van der Waals surface area contributed by atoms with Gasteiger partial charge in [-0.15, -0.1) is 0 Å². The van der Waals surface area contributed by atoms with Gasteiger partial charge in [-0.2, -0.15) is 0 Å². The molecule has 3 aliphatic rings. The summed E-state index contributed by atoms with van der Waals surface area (Å²) >= 11 is 25.2. The smallest absolute Gasteiger partial charge is 0.250 e. The first-order valence-corrected chi connectivity index (χ1v) is 13.7. The summed E-state index contributed by atoms with van der Waals surface area (Å²) in [6.07, 6.45) is 4.54. The van der Waals surface area contributed by atoms with E-state index in [0.717, 1.165) is 6.42 Å². The van der Waals surface area contributed by atoms with Crippen molar-refractivity contribution in [1.82, 2.24) is 14.5 Å². The van der Waals surface area contributed by atoms with Gasteiger partial charge in [0, 0.05) is 45.6 Å². The van der Waals surface area contributed by atoms with Crippen molar-refractivity contribution in [1.29, 1.82) is 0 Å². The van der Waals surface area contributed by atoms with Crippen LogP contribution in [0.4, 0.5) is 17.2 Å². The number of rotatable bonds is 4. The van der Waals surface area contributed by atoms with Gasteiger partial charge in [0.25, 0.3) is 5.91 Å². The third-order valence-corrected chi connectivity index (χ3v) is 8.65. The average molecular weight is 608 g/mol. The van der Waals surface area contributed by atoms with Crippen molar-refractivity contribution >= 4 is 81.3 Å². The number of aromatic nitrogens is 2. The molecule has 1 unspecified atom stereocenters. The largest absolute Gasteiger partial charge is 0.338 e. The number of aryl methyl sites for hydroxylation is 1. The molecule has 4 heterocycles. The molecule has 2 aromatic carbocycles. The fourth-order valence-corrected chi connectivity index (χ4v) is 7.47. The summed E-state index contributed by atoms with van der Waals surface area (Å²) in [6, 6.07) is 7.47. The van der Waals surface area contributed by atoms with Crippen LogP contribution in [-0.2, 0) is 27.0 Å². The first kappa shape index (κ1) is 26.4. The number of imidazole rings is 1. The highest BCUT2D eigenvalue weighted by molar-refractivity contribution is 6.38. The van der Waals surface area contributed by atoms with Gasteiger partial charge < -0.3 is 20.5 Å². The lowest BCUT2D eigenvalue weighted by Crippen LogP contribution is -2.54. The van der Waals surface area contributed by atoms with Gasteiger partial charge >= 0.3 is 0 Å². The van der Waals surface area contributed by atoms with Gasteiger partial charge in [-0.25, -0.2) is 4.98 Å². The molecule has 202 valence electrons. The first-order valence-electron chi connectivity index (χ1n) is 12.2.